The minimum absolute atomic E-state index is 0.0507. The van der Waals surface area contributed by atoms with Gasteiger partial charge in [-0.15, -0.1) is 0 Å². The number of nitrogens with zero attached hydrogens (tertiary/aromatic N) is 2. The van der Waals surface area contributed by atoms with E-state index in [4.69, 9.17) is 0 Å². The lowest BCUT2D eigenvalue weighted by Gasteiger charge is -2.39. The highest BCUT2D eigenvalue weighted by atomic mass is 16.2. The van der Waals surface area contributed by atoms with Crippen molar-refractivity contribution < 1.29 is 4.79 Å². The molecule has 0 aliphatic carbocycles. The number of fused-ring (bicyclic) bond motifs is 1. The topological polar surface area (TPSA) is 37.3 Å². The molecule has 2 amide bonds. The van der Waals surface area contributed by atoms with Gasteiger partial charge in [0.2, 0.25) is 0 Å². The van der Waals surface area contributed by atoms with Gasteiger partial charge in [0.25, 0.3) is 0 Å². The molecular weight excluding hydrogens is 298 g/mol. The molecule has 4 heteroatoms. The van der Waals surface area contributed by atoms with Crippen molar-refractivity contribution in [2.45, 2.75) is 39.8 Å². The number of benzene rings is 1. The molecule has 1 aromatic carbocycles. The number of nitrogens with one attached hydrogen (secondary N) is 1. The Morgan fingerprint density at radius 1 is 1.17 bits per heavy atom. The molecule has 1 unspecified atom stereocenters. The normalized spacial score (nSPS) is 17.0. The third-order valence-electron chi connectivity index (χ3n) is 4.86. The summed E-state index contributed by atoms with van der Waals surface area (Å²) in [5.74, 6) is 0.387. The number of hydrogen-bond acceptors (Lipinski definition) is 1. The lowest BCUT2D eigenvalue weighted by molar-refractivity contribution is 0.132. The van der Waals surface area contributed by atoms with Crippen LogP contribution >= 0.6 is 0 Å². The second kappa shape index (κ2) is 7.12. The average molecular weight is 325 g/mol. The van der Waals surface area contributed by atoms with Gasteiger partial charge in [-0.1, -0.05) is 44.2 Å². The zero-order chi connectivity index (χ0) is 17.1. The lowest BCUT2D eigenvalue weighted by Crippen LogP contribution is -2.49. The van der Waals surface area contributed by atoms with Crippen LogP contribution in [-0.2, 0) is 13.0 Å². The van der Waals surface area contributed by atoms with Gasteiger partial charge in [-0.05, 0) is 37.0 Å². The smallest absolute Gasteiger partial charge is 0.318 e. The number of aromatic nitrogens is 1. The standard InChI is InChI=1S/C20H27N3O/c1-15(2)19-18-10-9-16(3)22(18)13-14-23(19)20(24)21-12-11-17-7-5-4-6-8-17/h4-10,15,19H,11-14H2,1-3H3,(H,21,24). The Morgan fingerprint density at radius 3 is 2.62 bits per heavy atom. The fourth-order valence-corrected chi connectivity index (χ4v) is 3.65. The summed E-state index contributed by atoms with van der Waals surface area (Å²) in [4.78, 5) is 14.7. The Kier molecular flexibility index (Phi) is 4.93. The van der Waals surface area contributed by atoms with Gasteiger partial charge in [0.05, 0.1) is 6.04 Å². The van der Waals surface area contributed by atoms with Crippen molar-refractivity contribution in [2.75, 3.05) is 13.1 Å². The van der Waals surface area contributed by atoms with Crippen LogP contribution < -0.4 is 5.32 Å². The van der Waals surface area contributed by atoms with Gasteiger partial charge < -0.3 is 14.8 Å². The van der Waals surface area contributed by atoms with Crippen molar-refractivity contribution in [2.24, 2.45) is 5.92 Å². The van der Waals surface area contributed by atoms with E-state index in [0.29, 0.717) is 12.5 Å². The molecule has 2 heterocycles. The van der Waals surface area contributed by atoms with E-state index in [1.54, 1.807) is 0 Å². The van der Waals surface area contributed by atoms with Crippen molar-refractivity contribution in [3.05, 3.63) is 59.4 Å². The lowest BCUT2D eigenvalue weighted by atomic mass is 9.97. The first-order chi connectivity index (χ1) is 11.6. The van der Waals surface area contributed by atoms with Gasteiger partial charge in [-0.3, -0.25) is 0 Å². The Hall–Kier alpha value is -2.23. The Morgan fingerprint density at radius 2 is 1.92 bits per heavy atom. The molecule has 0 bridgehead atoms. The number of carbonyl (C=O) groups excluding carboxylic acids is 1. The average Bonchev–Trinajstić information content (AvgIpc) is 2.96. The number of carbonyl (C=O) groups is 1. The number of hydrogen-bond donors (Lipinski definition) is 1. The van der Waals surface area contributed by atoms with E-state index in [1.165, 1.54) is 17.0 Å². The first-order valence-electron chi connectivity index (χ1n) is 8.82. The molecule has 3 rings (SSSR count). The van der Waals surface area contributed by atoms with Crippen LogP contribution in [0.2, 0.25) is 0 Å². The molecule has 0 saturated carbocycles. The van der Waals surface area contributed by atoms with E-state index in [0.717, 1.165) is 19.5 Å². The highest BCUT2D eigenvalue weighted by Gasteiger charge is 2.33. The highest BCUT2D eigenvalue weighted by molar-refractivity contribution is 5.75. The summed E-state index contributed by atoms with van der Waals surface area (Å²) in [6.45, 7) is 8.83. The summed E-state index contributed by atoms with van der Waals surface area (Å²) in [5, 5.41) is 3.10. The van der Waals surface area contributed by atoms with Crippen LogP contribution in [0.15, 0.2) is 42.5 Å². The summed E-state index contributed by atoms with van der Waals surface area (Å²) in [5.41, 5.74) is 3.79. The zero-order valence-electron chi connectivity index (χ0n) is 14.8. The monoisotopic (exact) mass is 325 g/mol. The van der Waals surface area contributed by atoms with Crippen molar-refractivity contribution >= 4 is 6.03 Å². The fraction of sp³-hybridized carbons (Fsp3) is 0.450. The van der Waals surface area contributed by atoms with Gasteiger partial charge >= 0.3 is 6.03 Å². The maximum absolute atomic E-state index is 12.7. The van der Waals surface area contributed by atoms with Crippen molar-refractivity contribution in [3.8, 4) is 0 Å². The Labute approximate surface area is 144 Å². The van der Waals surface area contributed by atoms with Crippen LogP contribution in [0.5, 0.6) is 0 Å². The van der Waals surface area contributed by atoms with Crippen LogP contribution in [-0.4, -0.2) is 28.6 Å². The van der Waals surface area contributed by atoms with E-state index < -0.39 is 0 Å². The quantitative estimate of drug-likeness (QED) is 0.913. The number of amides is 2. The molecule has 1 aliphatic rings. The molecule has 128 valence electrons. The number of aryl methyl sites for hydroxylation is 1. The third-order valence-corrected chi connectivity index (χ3v) is 4.86. The molecule has 1 N–H and O–H groups in total. The predicted molar refractivity (Wildman–Crippen MR) is 97.0 cm³/mol. The number of urea groups is 1. The van der Waals surface area contributed by atoms with E-state index in [9.17, 15) is 4.79 Å². The molecule has 4 nitrogen and oxygen atoms in total. The van der Waals surface area contributed by atoms with E-state index in [-0.39, 0.29) is 12.1 Å². The predicted octanol–water partition coefficient (Wildman–Crippen LogP) is 3.76. The first kappa shape index (κ1) is 16.6. The molecule has 1 aliphatic heterocycles. The van der Waals surface area contributed by atoms with Crippen LogP contribution in [0.25, 0.3) is 0 Å². The van der Waals surface area contributed by atoms with E-state index in [1.807, 2.05) is 23.1 Å². The highest BCUT2D eigenvalue weighted by Crippen LogP contribution is 2.33. The van der Waals surface area contributed by atoms with Gasteiger partial charge in [0.15, 0.2) is 0 Å². The maximum atomic E-state index is 12.7. The Balaban J connectivity index is 1.65. The summed E-state index contributed by atoms with van der Waals surface area (Å²) in [6, 6.07) is 14.8. The fourth-order valence-electron chi connectivity index (χ4n) is 3.65. The second-order valence-corrected chi connectivity index (χ2v) is 6.90. The van der Waals surface area contributed by atoms with Crippen LogP contribution in [0, 0.1) is 12.8 Å². The minimum Gasteiger partial charge on any atom is -0.345 e. The molecular formula is C20H27N3O. The second-order valence-electron chi connectivity index (χ2n) is 6.90. The van der Waals surface area contributed by atoms with E-state index in [2.05, 4.69) is 54.9 Å². The summed E-state index contributed by atoms with van der Waals surface area (Å²) in [7, 11) is 0. The van der Waals surface area contributed by atoms with Crippen molar-refractivity contribution in [3.63, 3.8) is 0 Å². The molecule has 0 saturated heterocycles. The van der Waals surface area contributed by atoms with E-state index >= 15 is 0 Å². The molecule has 0 spiro atoms. The minimum atomic E-state index is 0.0507. The van der Waals surface area contributed by atoms with Crippen molar-refractivity contribution in [1.29, 1.82) is 0 Å². The Bertz CT molecular complexity index is 690. The molecule has 1 aromatic heterocycles. The SMILES string of the molecule is Cc1ccc2n1CCN(C(=O)NCCc1ccccc1)C2C(C)C. The van der Waals surface area contributed by atoms with Crippen LogP contribution in [0.1, 0.15) is 36.8 Å². The van der Waals surface area contributed by atoms with Gasteiger partial charge in [-0.25, -0.2) is 4.79 Å². The van der Waals surface area contributed by atoms with Gasteiger partial charge in [-0.2, -0.15) is 0 Å². The molecule has 0 fully saturated rings. The van der Waals surface area contributed by atoms with Crippen LogP contribution in [0.4, 0.5) is 4.79 Å². The molecule has 24 heavy (non-hydrogen) atoms. The summed E-state index contributed by atoms with van der Waals surface area (Å²) < 4.78 is 2.35. The van der Waals surface area contributed by atoms with Crippen LogP contribution in [0.3, 0.4) is 0 Å². The zero-order valence-corrected chi connectivity index (χ0v) is 14.8. The summed E-state index contributed by atoms with van der Waals surface area (Å²) in [6.07, 6.45) is 0.863. The maximum Gasteiger partial charge on any atom is 0.318 e. The largest absolute Gasteiger partial charge is 0.345 e. The molecule has 0 radical (unpaired) electrons. The van der Waals surface area contributed by atoms with Gasteiger partial charge in [0, 0.05) is 31.0 Å². The molecule has 1 atom stereocenters. The van der Waals surface area contributed by atoms with Gasteiger partial charge in [0.1, 0.15) is 0 Å². The first-order valence-corrected chi connectivity index (χ1v) is 8.82. The molecule has 2 aromatic rings. The third kappa shape index (κ3) is 3.32. The summed E-state index contributed by atoms with van der Waals surface area (Å²) >= 11 is 0. The van der Waals surface area contributed by atoms with Crippen molar-refractivity contribution in [1.82, 2.24) is 14.8 Å². The number of rotatable bonds is 4.